The van der Waals surface area contributed by atoms with Gasteiger partial charge in [-0.05, 0) is 26.0 Å². The molecule has 0 spiro atoms. The molecule has 0 saturated carbocycles. The van der Waals surface area contributed by atoms with E-state index in [1.807, 2.05) is 0 Å². The third-order valence-electron chi connectivity index (χ3n) is 3.83. The monoisotopic (exact) mass is 310 g/mol. The van der Waals surface area contributed by atoms with Crippen molar-refractivity contribution in [1.82, 2.24) is 9.80 Å². The van der Waals surface area contributed by atoms with E-state index in [1.165, 1.54) is 29.0 Å². The van der Waals surface area contributed by atoms with Crippen LogP contribution in [0.5, 0.6) is 5.75 Å². The van der Waals surface area contributed by atoms with Crippen LogP contribution < -0.4 is 4.74 Å². The van der Waals surface area contributed by atoms with Crippen molar-refractivity contribution in [2.45, 2.75) is 25.9 Å². The molecule has 7 heteroatoms. The number of rotatable bonds is 2. The Morgan fingerprint density at radius 3 is 2.32 bits per heavy atom. The Balaban J connectivity index is 2.24. The standard InChI is InChI=1S/C15H19FN2O4/c1-9-7-17(15(20)21)8-10(2)18(9)14(19)12-5-4-11(22-3)6-13(12)16/h4-6,9-10H,7-8H2,1-3H3,(H,20,21)/t9-,10-/m1/s1. The first-order valence-corrected chi connectivity index (χ1v) is 6.99. The molecule has 1 aliphatic heterocycles. The minimum Gasteiger partial charge on any atom is -0.497 e. The first-order chi connectivity index (χ1) is 10.3. The van der Waals surface area contributed by atoms with Gasteiger partial charge < -0.3 is 19.6 Å². The van der Waals surface area contributed by atoms with Gasteiger partial charge >= 0.3 is 6.09 Å². The minimum atomic E-state index is -1.01. The van der Waals surface area contributed by atoms with Crippen LogP contribution in [0.15, 0.2) is 18.2 Å². The first kappa shape index (κ1) is 16.1. The number of nitrogens with zero attached hydrogens (tertiary/aromatic N) is 2. The summed E-state index contributed by atoms with van der Waals surface area (Å²) in [5.41, 5.74) is -0.0386. The fourth-order valence-corrected chi connectivity index (χ4v) is 2.81. The summed E-state index contributed by atoms with van der Waals surface area (Å²) in [5.74, 6) is -0.750. The van der Waals surface area contributed by atoms with Crippen LogP contribution in [0.2, 0.25) is 0 Å². The summed E-state index contributed by atoms with van der Waals surface area (Å²) in [6.45, 7) is 3.93. The van der Waals surface area contributed by atoms with Gasteiger partial charge in [-0.3, -0.25) is 4.79 Å². The van der Waals surface area contributed by atoms with Gasteiger partial charge in [0.15, 0.2) is 0 Å². The van der Waals surface area contributed by atoms with Gasteiger partial charge in [0.1, 0.15) is 11.6 Å². The Hall–Kier alpha value is -2.31. The molecule has 120 valence electrons. The predicted molar refractivity (Wildman–Crippen MR) is 77.6 cm³/mol. The van der Waals surface area contributed by atoms with E-state index < -0.39 is 17.8 Å². The van der Waals surface area contributed by atoms with Crippen molar-refractivity contribution in [2.75, 3.05) is 20.2 Å². The predicted octanol–water partition coefficient (Wildman–Crippen LogP) is 2.05. The summed E-state index contributed by atoms with van der Waals surface area (Å²) in [6.07, 6.45) is -1.01. The molecule has 1 heterocycles. The Morgan fingerprint density at radius 1 is 1.27 bits per heavy atom. The number of carboxylic acid groups (broad SMARTS) is 1. The van der Waals surface area contributed by atoms with Gasteiger partial charge in [0, 0.05) is 31.2 Å². The molecular weight excluding hydrogens is 291 g/mol. The fourth-order valence-electron chi connectivity index (χ4n) is 2.81. The lowest BCUT2D eigenvalue weighted by Crippen LogP contribution is -2.59. The quantitative estimate of drug-likeness (QED) is 0.907. The molecule has 0 aromatic heterocycles. The van der Waals surface area contributed by atoms with Crippen LogP contribution in [0.1, 0.15) is 24.2 Å². The van der Waals surface area contributed by atoms with Crippen molar-refractivity contribution in [3.05, 3.63) is 29.6 Å². The molecule has 2 amide bonds. The summed E-state index contributed by atoms with van der Waals surface area (Å²) >= 11 is 0. The number of carbonyl (C=O) groups excluding carboxylic acids is 1. The molecule has 1 aromatic carbocycles. The molecule has 2 rings (SSSR count). The second kappa shape index (κ2) is 6.21. The molecule has 1 aromatic rings. The number of hydrogen-bond donors (Lipinski definition) is 1. The second-order valence-electron chi connectivity index (χ2n) is 5.44. The third-order valence-corrected chi connectivity index (χ3v) is 3.83. The lowest BCUT2D eigenvalue weighted by Gasteiger charge is -2.43. The van der Waals surface area contributed by atoms with Crippen molar-refractivity contribution in [2.24, 2.45) is 0 Å². The topological polar surface area (TPSA) is 70.1 Å². The molecule has 22 heavy (non-hydrogen) atoms. The number of amides is 2. The van der Waals surface area contributed by atoms with Crippen molar-refractivity contribution < 1.29 is 23.8 Å². The molecule has 0 bridgehead atoms. The molecule has 0 radical (unpaired) electrons. The molecule has 2 atom stereocenters. The molecule has 1 saturated heterocycles. The smallest absolute Gasteiger partial charge is 0.407 e. The number of carbonyl (C=O) groups is 2. The largest absolute Gasteiger partial charge is 0.497 e. The summed E-state index contributed by atoms with van der Waals surface area (Å²) < 4.78 is 19.0. The normalized spacial score (nSPS) is 21.6. The summed E-state index contributed by atoms with van der Waals surface area (Å²) in [7, 11) is 1.42. The first-order valence-electron chi connectivity index (χ1n) is 6.99. The number of halogens is 1. The molecule has 0 aliphatic carbocycles. The number of methoxy groups -OCH3 is 1. The minimum absolute atomic E-state index is 0.0386. The van der Waals surface area contributed by atoms with Crippen molar-refractivity contribution in [1.29, 1.82) is 0 Å². The van der Waals surface area contributed by atoms with E-state index in [1.54, 1.807) is 13.8 Å². The van der Waals surface area contributed by atoms with Gasteiger partial charge in [0.2, 0.25) is 0 Å². The van der Waals surface area contributed by atoms with E-state index in [0.717, 1.165) is 6.07 Å². The second-order valence-corrected chi connectivity index (χ2v) is 5.44. The van der Waals surface area contributed by atoms with Crippen LogP contribution in [0.4, 0.5) is 9.18 Å². The van der Waals surface area contributed by atoms with Crippen LogP contribution in [-0.2, 0) is 0 Å². The maximum Gasteiger partial charge on any atom is 0.407 e. The summed E-state index contributed by atoms with van der Waals surface area (Å²) in [5, 5.41) is 9.07. The Morgan fingerprint density at radius 2 is 1.86 bits per heavy atom. The number of benzene rings is 1. The van der Waals surface area contributed by atoms with E-state index in [2.05, 4.69) is 0 Å². The average Bonchev–Trinajstić information content (AvgIpc) is 2.45. The van der Waals surface area contributed by atoms with E-state index in [-0.39, 0.29) is 30.7 Å². The zero-order chi connectivity index (χ0) is 16.4. The highest BCUT2D eigenvalue weighted by Crippen LogP contribution is 2.23. The molecule has 1 fully saturated rings. The zero-order valence-electron chi connectivity index (χ0n) is 12.7. The zero-order valence-corrected chi connectivity index (χ0v) is 12.7. The molecule has 6 nitrogen and oxygen atoms in total. The Bertz CT molecular complexity index is 581. The molecule has 0 unspecified atom stereocenters. The number of piperazine rings is 1. The molecular formula is C15H19FN2O4. The van der Waals surface area contributed by atoms with E-state index in [0.29, 0.717) is 5.75 Å². The highest BCUT2D eigenvalue weighted by Gasteiger charge is 2.35. The van der Waals surface area contributed by atoms with E-state index in [9.17, 15) is 14.0 Å². The van der Waals surface area contributed by atoms with Gasteiger partial charge in [-0.2, -0.15) is 0 Å². The van der Waals surface area contributed by atoms with Crippen molar-refractivity contribution >= 4 is 12.0 Å². The van der Waals surface area contributed by atoms with Crippen LogP contribution >= 0.6 is 0 Å². The van der Waals surface area contributed by atoms with Gasteiger partial charge in [-0.15, -0.1) is 0 Å². The van der Waals surface area contributed by atoms with Gasteiger partial charge in [-0.1, -0.05) is 0 Å². The maximum atomic E-state index is 14.1. The highest BCUT2D eigenvalue weighted by atomic mass is 19.1. The lowest BCUT2D eigenvalue weighted by atomic mass is 10.1. The highest BCUT2D eigenvalue weighted by molar-refractivity contribution is 5.95. The van der Waals surface area contributed by atoms with Gasteiger partial charge in [0.05, 0.1) is 12.7 Å². The summed E-state index contributed by atoms with van der Waals surface area (Å²) in [4.78, 5) is 26.5. The van der Waals surface area contributed by atoms with Crippen LogP contribution in [0, 0.1) is 5.82 Å². The number of hydrogen-bond acceptors (Lipinski definition) is 3. The Labute approximate surface area is 128 Å². The Kier molecular flexibility index (Phi) is 4.54. The lowest BCUT2D eigenvalue weighted by molar-refractivity contribution is 0.0295. The SMILES string of the molecule is COc1ccc(C(=O)N2[C@H](C)CN(C(=O)O)C[C@H]2C)c(F)c1. The maximum absolute atomic E-state index is 14.1. The van der Waals surface area contributed by atoms with E-state index >= 15 is 0 Å². The molecule has 1 N–H and O–H groups in total. The van der Waals surface area contributed by atoms with E-state index in [4.69, 9.17) is 9.84 Å². The molecule has 1 aliphatic rings. The third kappa shape index (κ3) is 2.98. The van der Waals surface area contributed by atoms with Crippen molar-refractivity contribution in [3.8, 4) is 5.75 Å². The van der Waals surface area contributed by atoms with Crippen LogP contribution in [0.3, 0.4) is 0 Å². The summed E-state index contributed by atoms with van der Waals surface area (Å²) in [6, 6.07) is 3.43. The van der Waals surface area contributed by atoms with Gasteiger partial charge in [0.25, 0.3) is 5.91 Å². The van der Waals surface area contributed by atoms with Crippen LogP contribution in [-0.4, -0.2) is 59.2 Å². The number of ether oxygens (including phenoxy) is 1. The van der Waals surface area contributed by atoms with Gasteiger partial charge in [-0.25, -0.2) is 9.18 Å². The van der Waals surface area contributed by atoms with Crippen molar-refractivity contribution in [3.63, 3.8) is 0 Å². The van der Waals surface area contributed by atoms with Crippen LogP contribution in [0.25, 0.3) is 0 Å². The fraction of sp³-hybridized carbons (Fsp3) is 0.467. The average molecular weight is 310 g/mol.